The number of hydrogen-bond donors (Lipinski definition) is 1. The number of pyridine rings is 1. The highest BCUT2D eigenvalue weighted by Gasteiger charge is 2.13. The molecular weight excluding hydrogens is 478 g/mol. The maximum Gasteiger partial charge on any atom is 0.277 e. The van der Waals surface area contributed by atoms with Crippen LogP contribution in [0.3, 0.4) is 0 Å². The van der Waals surface area contributed by atoms with Crippen LogP contribution in [-0.4, -0.2) is 30.8 Å². The summed E-state index contributed by atoms with van der Waals surface area (Å²) in [5.41, 5.74) is 3.93. The van der Waals surface area contributed by atoms with Gasteiger partial charge in [0.05, 0.1) is 17.8 Å². The Kier molecular flexibility index (Phi) is 6.41. The third-order valence-electron chi connectivity index (χ3n) is 3.62. The van der Waals surface area contributed by atoms with Gasteiger partial charge in [-0.3, -0.25) is 9.78 Å². The quantitative estimate of drug-likeness (QED) is 0.411. The Bertz CT molecular complexity index is 991. The Morgan fingerprint density at radius 1 is 1.22 bits per heavy atom. The van der Waals surface area contributed by atoms with Crippen molar-refractivity contribution in [3.05, 3.63) is 63.2 Å². The molecule has 1 aromatic heterocycles. The number of methoxy groups -OCH3 is 1. The van der Waals surface area contributed by atoms with E-state index in [1.807, 2.05) is 42.5 Å². The van der Waals surface area contributed by atoms with Crippen molar-refractivity contribution < 1.29 is 14.3 Å². The zero-order valence-corrected chi connectivity index (χ0v) is 17.5. The van der Waals surface area contributed by atoms with Gasteiger partial charge in [0.15, 0.2) is 12.4 Å². The van der Waals surface area contributed by atoms with Gasteiger partial charge in [0.2, 0.25) is 0 Å². The molecule has 0 fully saturated rings. The molecule has 8 heteroatoms. The van der Waals surface area contributed by atoms with Crippen molar-refractivity contribution >= 4 is 54.9 Å². The number of benzene rings is 2. The molecule has 0 spiro atoms. The van der Waals surface area contributed by atoms with Gasteiger partial charge in [-0.25, -0.2) is 5.43 Å². The molecule has 3 aromatic rings. The van der Waals surface area contributed by atoms with Crippen LogP contribution >= 0.6 is 31.9 Å². The molecule has 0 unspecified atom stereocenters. The molecule has 2 aromatic carbocycles. The second kappa shape index (κ2) is 8.96. The molecule has 0 radical (unpaired) electrons. The standard InChI is InChI=1S/C19H15Br2N3O3/c1-26-13-6-4-12(5-7-13)10-23-24-17(25)11-27-19-16(21)9-15(20)14-3-2-8-22-18(14)19/h2-10H,11H2,1H3,(H,24,25)/b23-10+. The third-order valence-corrected chi connectivity index (χ3v) is 4.86. The number of fused-ring (bicyclic) bond motifs is 1. The predicted octanol–water partition coefficient (Wildman–Crippen LogP) is 4.30. The Morgan fingerprint density at radius 3 is 2.74 bits per heavy atom. The van der Waals surface area contributed by atoms with Gasteiger partial charge in [0.1, 0.15) is 11.3 Å². The lowest BCUT2D eigenvalue weighted by atomic mass is 10.2. The van der Waals surface area contributed by atoms with Gasteiger partial charge in [0.25, 0.3) is 5.91 Å². The molecule has 0 aliphatic heterocycles. The number of ether oxygens (including phenoxy) is 2. The van der Waals surface area contributed by atoms with Crippen LogP contribution in [0, 0.1) is 0 Å². The monoisotopic (exact) mass is 491 g/mol. The van der Waals surface area contributed by atoms with E-state index in [4.69, 9.17) is 9.47 Å². The summed E-state index contributed by atoms with van der Waals surface area (Å²) in [5, 5.41) is 4.82. The minimum atomic E-state index is -0.376. The van der Waals surface area contributed by atoms with Crippen LogP contribution in [0.1, 0.15) is 5.56 Å². The van der Waals surface area contributed by atoms with E-state index in [0.717, 1.165) is 21.2 Å². The topological polar surface area (TPSA) is 72.8 Å². The molecule has 0 saturated heterocycles. The summed E-state index contributed by atoms with van der Waals surface area (Å²) in [6.07, 6.45) is 3.22. The van der Waals surface area contributed by atoms with E-state index in [0.29, 0.717) is 15.7 Å². The van der Waals surface area contributed by atoms with Crippen LogP contribution in [0.25, 0.3) is 10.9 Å². The average Bonchev–Trinajstić information content (AvgIpc) is 2.68. The summed E-state index contributed by atoms with van der Waals surface area (Å²) in [4.78, 5) is 16.3. The molecule has 0 aliphatic rings. The molecule has 0 bridgehead atoms. The van der Waals surface area contributed by atoms with Crippen LogP contribution in [-0.2, 0) is 4.79 Å². The van der Waals surface area contributed by atoms with E-state index in [1.165, 1.54) is 0 Å². The Hall–Kier alpha value is -2.45. The largest absolute Gasteiger partial charge is 0.497 e. The first-order chi connectivity index (χ1) is 13.1. The summed E-state index contributed by atoms with van der Waals surface area (Å²) in [6.45, 7) is -0.189. The fourth-order valence-corrected chi connectivity index (χ4v) is 3.71. The van der Waals surface area contributed by atoms with Gasteiger partial charge in [-0.1, -0.05) is 22.0 Å². The zero-order chi connectivity index (χ0) is 19.2. The first kappa shape index (κ1) is 19.3. The fourth-order valence-electron chi connectivity index (χ4n) is 2.32. The minimum Gasteiger partial charge on any atom is -0.497 e. The molecule has 1 N–H and O–H groups in total. The van der Waals surface area contributed by atoms with Gasteiger partial charge in [0, 0.05) is 16.1 Å². The fraction of sp³-hybridized carbons (Fsp3) is 0.105. The van der Waals surface area contributed by atoms with E-state index < -0.39 is 0 Å². The number of carbonyl (C=O) groups excluding carboxylic acids is 1. The first-order valence-electron chi connectivity index (χ1n) is 7.90. The molecule has 27 heavy (non-hydrogen) atoms. The number of nitrogens with zero attached hydrogens (tertiary/aromatic N) is 2. The van der Waals surface area contributed by atoms with Gasteiger partial charge in [-0.2, -0.15) is 5.10 Å². The maximum atomic E-state index is 12.0. The smallest absolute Gasteiger partial charge is 0.277 e. The number of hydrogen-bond acceptors (Lipinski definition) is 5. The van der Waals surface area contributed by atoms with Crippen molar-refractivity contribution in [1.29, 1.82) is 0 Å². The molecule has 0 saturated carbocycles. The molecule has 0 atom stereocenters. The summed E-state index contributed by atoms with van der Waals surface area (Å²) in [7, 11) is 1.60. The number of rotatable bonds is 6. The number of carbonyl (C=O) groups is 1. The maximum absolute atomic E-state index is 12.0. The molecule has 138 valence electrons. The average molecular weight is 493 g/mol. The van der Waals surface area contributed by atoms with Gasteiger partial charge in [-0.05, 0) is 57.9 Å². The summed E-state index contributed by atoms with van der Waals surface area (Å²) in [6, 6.07) is 12.9. The lowest BCUT2D eigenvalue weighted by Gasteiger charge is -2.11. The molecule has 3 rings (SSSR count). The van der Waals surface area contributed by atoms with E-state index >= 15 is 0 Å². The van der Waals surface area contributed by atoms with Crippen LogP contribution < -0.4 is 14.9 Å². The van der Waals surface area contributed by atoms with Gasteiger partial charge < -0.3 is 9.47 Å². The van der Waals surface area contributed by atoms with Crippen molar-refractivity contribution in [1.82, 2.24) is 10.4 Å². The number of amides is 1. The van der Waals surface area contributed by atoms with Crippen molar-refractivity contribution in [3.63, 3.8) is 0 Å². The van der Waals surface area contributed by atoms with E-state index in [2.05, 4.69) is 47.4 Å². The van der Waals surface area contributed by atoms with E-state index in [9.17, 15) is 4.79 Å². The van der Waals surface area contributed by atoms with Crippen molar-refractivity contribution in [2.75, 3.05) is 13.7 Å². The zero-order valence-electron chi connectivity index (χ0n) is 14.3. The van der Waals surface area contributed by atoms with Crippen LogP contribution in [0.2, 0.25) is 0 Å². The lowest BCUT2D eigenvalue weighted by Crippen LogP contribution is -2.24. The van der Waals surface area contributed by atoms with Crippen molar-refractivity contribution in [3.8, 4) is 11.5 Å². The van der Waals surface area contributed by atoms with E-state index in [1.54, 1.807) is 19.5 Å². The Balaban J connectivity index is 1.62. The van der Waals surface area contributed by atoms with E-state index in [-0.39, 0.29) is 12.5 Å². The Morgan fingerprint density at radius 2 is 2.00 bits per heavy atom. The summed E-state index contributed by atoms with van der Waals surface area (Å²) < 4.78 is 12.3. The van der Waals surface area contributed by atoms with Crippen LogP contribution in [0.15, 0.2) is 62.7 Å². The van der Waals surface area contributed by atoms with Crippen LogP contribution in [0.4, 0.5) is 0 Å². The number of hydrazone groups is 1. The number of halogens is 2. The predicted molar refractivity (Wildman–Crippen MR) is 111 cm³/mol. The molecule has 1 amide bonds. The normalized spacial score (nSPS) is 10.9. The lowest BCUT2D eigenvalue weighted by molar-refractivity contribution is -0.123. The highest BCUT2D eigenvalue weighted by Crippen LogP contribution is 2.37. The number of nitrogens with one attached hydrogen (secondary N) is 1. The van der Waals surface area contributed by atoms with Gasteiger partial charge in [-0.15, -0.1) is 0 Å². The third kappa shape index (κ3) is 4.84. The molecule has 0 aliphatic carbocycles. The summed E-state index contributed by atoms with van der Waals surface area (Å²) >= 11 is 6.94. The molecule has 6 nitrogen and oxygen atoms in total. The highest BCUT2D eigenvalue weighted by molar-refractivity contribution is 9.11. The second-order valence-electron chi connectivity index (χ2n) is 5.42. The van der Waals surface area contributed by atoms with Gasteiger partial charge >= 0.3 is 0 Å². The SMILES string of the molecule is COc1ccc(/C=N/NC(=O)COc2c(Br)cc(Br)c3cccnc23)cc1. The molecular formula is C19H15Br2N3O3. The van der Waals surface area contributed by atoms with Crippen molar-refractivity contribution in [2.24, 2.45) is 5.10 Å². The minimum absolute atomic E-state index is 0.189. The number of aromatic nitrogens is 1. The van der Waals surface area contributed by atoms with Crippen molar-refractivity contribution in [2.45, 2.75) is 0 Å². The second-order valence-corrected chi connectivity index (χ2v) is 7.13. The van der Waals surface area contributed by atoms with Crippen LogP contribution in [0.5, 0.6) is 11.5 Å². The first-order valence-corrected chi connectivity index (χ1v) is 9.48. The Labute approximate surface area is 172 Å². The molecule has 1 heterocycles. The highest BCUT2D eigenvalue weighted by atomic mass is 79.9. The summed E-state index contributed by atoms with van der Waals surface area (Å²) in [5.74, 6) is 0.882.